The van der Waals surface area contributed by atoms with Crippen LogP contribution in [-0.4, -0.2) is 22.5 Å². The summed E-state index contributed by atoms with van der Waals surface area (Å²) < 4.78 is 6.71. The first kappa shape index (κ1) is 18.6. The molecule has 24 heavy (non-hydrogen) atoms. The van der Waals surface area contributed by atoms with E-state index in [1.165, 1.54) is 5.56 Å². The van der Waals surface area contributed by atoms with Gasteiger partial charge in [0.2, 0.25) is 0 Å². The van der Waals surface area contributed by atoms with Gasteiger partial charge in [0.05, 0.1) is 12.2 Å². The molecule has 0 radical (unpaired) electrons. The number of amides is 1. The van der Waals surface area contributed by atoms with Crippen LogP contribution < -0.4 is 5.73 Å². The van der Waals surface area contributed by atoms with Gasteiger partial charge in [0.25, 0.3) is 0 Å². The number of nitrogens with two attached hydrogens (primary N) is 1. The average molecular weight is 370 g/mol. The summed E-state index contributed by atoms with van der Waals surface area (Å²) in [6, 6.07) is 5.55. The van der Waals surface area contributed by atoms with E-state index in [9.17, 15) is 4.79 Å². The van der Waals surface area contributed by atoms with Crippen molar-refractivity contribution in [1.29, 1.82) is 0 Å². The fraction of sp³-hybridized carbons (Fsp3) is 0.412. The highest BCUT2D eigenvalue weighted by Gasteiger charge is 2.16. The first-order valence-electron chi connectivity index (χ1n) is 7.89. The van der Waals surface area contributed by atoms with E-state index in [1.807, 2.05) is 16.8 Å². The van der Waals surface area contributed by atoms with Crippen molar-refractivity contribution in [2.75, 3.05) is 6.61 Å². The zero-order valence-corrected chi connectivity index (χ0v) is 15.3. The minimum absolute atomic E-state index is 0.204. The van der Waals surface area contributed by atoms with Crippen molar-refractivity contribution in [3.8, 4) is 0 Å². The Morgan fingerprint density at radius 3 is 2.42 bits per heavy atom. The summed E-state index contributed by atoms with van der Waals surface area (Å²) in [5.74, 6) is 0. The first-order valence-corrected chi connectivity index (χ1v) is 8.64. The Kier molecular flexibility index (Phi) is 6.52. The van der Waals surface area contributed by atoms with Gasteiger partial charge in [-0.3, -0.25) is 4.68 Å². The molecular formula is C17H21Cl2N3O2. The van der Waals surface area contributed by atoms with Crippen molar-refractivity contribution in [2.24, 2.45) is 5.73 Å². The zero-order chi connectivity index (χ0) is 17.7. The molecule has 1 amide bonds. The molecular weight excluding hydrogens is 349 g/mol. The van der Waals surface area contributed by atoms with Crippen LogP contribution in [0.3, 0.4) is 0 Å². The van der Waals surface area contributed by atoms with E-state index in [0.29, 0.717) is 23.0 Å². The predicted octanol–water partition coefficient (Wildman–Crippen LogP) is 4.00. The number of ether oxygens (including phenoxy) is 1. The quantitative estimate of drug-likeness (QED) is 0.801. The number of benzene rings is 1. The van der Waals surface area contributed by atoms with Crippen molar-refractivity contribution >= 4 is 29.3 Å². The molecule has 0 fully saturated rings. The normalized spacial score (nSPS) is 10.8. The molecule has 0 unspecified atom stereocenters. The predicted molar refractivity (Wildman–Crippen MR) is 95.8 cm³/mol. The van der Waals surface area contributed by atoms with Crippen LogP contribution in [0, 0.1) is 0 Å². The van der Waals surface area contributed by atoms with E-state index in [1.54, 1.807) is 6.07 Å². The number of nitrogens with zero attached hydrogens (tertiary/aromatic N) is 2. The van der Waals surface area contributed by atoms with Crippen LogP contribution in [0.5, 0.6) is 0 Å². The smallest absolute Gasteiger partial charge is 0.404 e. The minimum atomic E-state index is -0.773. The van der Waals surface area contributed by atoms with Crippen LogP contribution in [0.4, 0.5) is 4.79 Å². The zero-order valence-electron chi connectivity index (χ0n) is 13.8. The van der Waals surface area contributed by atoms with Crippen molar-refractivity contribution in [2.45, 2.75) is 39.7 Å². The van der Waals surface area contributed by atoms with Gasteiger partial charge in [-0.15, -0.1) is 0 Å². The van der Waals surface area contributed by atoms with Gasteiger partial charge >= 0.3 is 6.09 Å². The molecule has 0 atom stereocenters. The number of hydrogen-bond acceptors (Lipinski definition) is 3. The van der Waals surface area contributed by atoms with Crippen molar-refractivity contribution in [3.05, 3.63) is 50.8 Å². The highest BCUT2D eigenvalue weighted by Crippen LogP contribution is 2.25. The van der Waals surface area contributed by atoms with Crippen molar-refractivity contribution in [3.63, 3.8) is 0 Å². The molecule has 1 aromatic heterocycles. The molecule has 2 aromatic rings. The number of halogens is 2. The Morgan fingerprint density at radius 2 is 1.88 bits per heavy atom. The van der Waals surface area contributed by atoms with Gasteiger partial charge in [0.15, 0.2) is 0 Å². The van der Waals surface area contributed by atoms with E-state index >= 15 is 0 Å². The summed E-state index contributed by atoms with van der Waals surface area (Å²) in [5.41, 5.74) is 9.38. The maximum atomic E-state index is 10.7. The van der Waals surface area contributed by atoms with Crippen LogP contribution in [0.15, 0.2) is 18.2 Å². The highest BCUT2D eigenvalue weighted by molar-refractivity contribution is 6.34. The van der Waals surface area contributed by atoms with Gasteiger partial charge in [0, 0.05) is 27.7 Å². The lowest BCUT2D eigenvalue weighted by atomic mass is 10.0. The van der Waals surface area contributed by atoms with E-state index < -0.39 is 6.09 Å². The van der Waals surface area contributed by atoms with Gasteiger partial charge in [-0.25, -0.2) is 4.79 Å². The van der Waals surface area contributed by atoms with Crippen LogP contribution in [-0.2, 0) is 30.5 Å². The molecule has 0 aliphatic heterocycles. The molecule has 1 heterocycles. The molecule has 1 aromatic carbocycles. The molecule has 130 valence electrons. The van der Waals surface area contributed by atoms with Gasteiger partial charge < -0.3 is 10.5 Å². The van der Waals surface area contributed by atoms with Crippen LogP contribution in [0.1, 0.15) is 36.4 Å². The minimum Gasteiger partial charge on any atom is -0.448 e. The Morgan fingerprint density at radius 1 is 1.21 bits per heavy atom. The number of hydrogen-bond donors (Lipinski definition) is 1. The number of carbonyl (C=O) groups is 1. The number of aryl methyl sites for hydroxylation is 1. The van der Waals surface area contributed by atoms with E-state index in [4.69, 9.17) is 33.7 Å². The fourth-order valence-electron chi connectivity index (χ4n) is 2.81. The first-order chi connectivity index (χ1) is 11.4. The monoisotopic (exact) mass is 369 g/mol. The number of carbonyl (C=O) groups excluding carboxylic acids is 1. The molecule has 2 N–H and O–H groups in total. The third-order valence-electron chi connectivity index (χ3n) is 3.77. The molecule has 0 bridgehead atoms. The molecule has 0 aliphatic rings. The summed E-state index contributed by atoms with van der Waals surface area (Å²) in [4.78, 5) is 10.7. The lowest BCUT2D eigenvalue weighted by Crippen LogP contribution is -2.18. The highest BCUT2D eigenvalue weighted by atomic mass is 35.5. The maximum absolute atomic E-state index is 10.7. The van der Waals surface area contributed by atoms with Crippen LogP contribution >= 0.6 is 23.2 Å². The Hall–Kier alpha value is -1.72. The second-order valence-electron chi connectivity index (χ2n) is 5.42. The number of rotatable bonds is 7. The van der Waals surface area contributed by atoms with Gasteiger partial charge in [0.1, 0.15) is 6.61 Å². The number of primary amides is 1. The lowest BCUT2D eigenvalue weighted by Gasteiger charge is -2.09. The van der Waals surface area contributed by atoms with Crippen molar-refractivity contribution in [1.82, 2.24) is 9.78 Å². The summed E-state index contributed by atoms with van der Waals surface area (Å²) in [6.45, 7) is 4.84. The molecule has 0 aliphatic carbocycles. The SMILES string of the molecule is CCc1nn(CCOC(N)=O)c(CC)c1Cc1cc(Cl)cc(Cl)c1. The van der Waals surface area contributed by atoms with Crippen molar-refractivity contribution < 1.29 is 9.53 Å². The average Bonchev–Trinajstić information content (AvgIpc) is 2.82. The largest absolute Gasteiger partial charge is 0.448 e. The van der Waals surface area contributed by atoms with Crippen LogP contribution in [0.25, 0.3) is 0 Å². The van der Waals surface area contributed by atoms with Gasteiger partial charge in [-0.1, -0.05) is 37.0 Å². The third kappa shape index (κ3) is 4.65. The van der Waals surface area contributed by atoms with Crippen LogP contribution in [0.2, 0.25) is 10.0 Å². The standard InChI is InChI=1S/C17H21Cl2N3O2/c1-3-15-14(9-11-7-12(18)10-13(19)8-11)16(4-2)22(21-15)5-6-24-17(20)23/h7-8,10H,3-6,9H2,1-2H3,(H2,20,23). The Balaban J connectivity index is 2.30. The fourth-order valence-corrected chi connectivity index (χ4v) is 3.38. The molecule has 7 heteroatoms. The molecule has 0 spiro atoms. The molecule has 0 saturated carbocycles. The summed E-state index contributed by atoms with van der Waals surface area (Å²) in [7, 11) is 0. The topological polar surface area (TPSA) is 70.1 Å². The van der Waals surface area contributed by atoms with E-state index in [0.717, 1.165) is 29.8 Å². The molecule has 5 nitrogen and oxygen atoms in total. The molecule has 0 saturated heterocycles. The number of aromatic nitrogens is 2. The van der Waals surface area contributed by atoms with Gasteiger partial charge in [-0.05, 0) is 36.6 Å². The second-order valence-corrected chi connectivity index (χ2v) is 6.30. The van der Waals surface area contributed by atoms with E-state index in [-0.39, 0.29) is 6.61 Å². The maximum Gasteiger partial charge on any atom is 0.404 e. The lowest BCUT2D eigenvalue weighted by molar-refractivity contribution is 0.150. The summed E-state index contributed by atoms with van der Waals surface area (Å²) in [5, 5.41) is 5.90. The summed E-state index contributed by atoms with van der Waals surface area (Å²) in [6.07, 6.45) is 1.58. The second kappa shape index (κ2) is 8.40. The van der Waals surface area contributed by atoms with Gasteiger partial charge in [-0.2, -0.15) is 5.10 Å². The third-order valence-corrected chi connectivity index (χ3v) is 4.21. The molecule has 2 rings (SSSR count). The van der Waals surface area contributed by atoms with E-state index in [2.05, 4.69) is 18.9 Å². The Bertz CT molecular complexity index is 709. The summed E-state index contributed by atoms with van der Waals surface area (Å²) >= 11 is 12.2. The Labute approximate surface area is 151 Å².